The van der Waals surface area contributed by atoms with Crippen LogP contribution in [0.2, 0.25) is 5.15 Å². The van der Waals surface area contributed by atoms with Gasteiger partial charge < -0.3 is 0 Å². The molecule has 1 N–H and O–H groups in total. The molecule has 1 saturated heterocycles. The Kier molecular flexibility index (Phi) is 3.47. The summed E-state index contributed by atoms with van der Waals surface area (Å²) in [5, 5.41) is -0.869. The van der Waals surface area contributed by atoms with Crippen LogP contribution in [0.25, 0.3) is 0 Å². The van der Waals surface area contributed by atoms with E-state index in [0.717, 1.165) is 0 Å². The zero-order valence-electron chi connectivity index (χ0n) is 9.08. The summed E-state index contributed by atoms with van der Waals surface area (Å²) in [6.07, 6.45) is 1.39. The highest BCUT2D eigenvalue weighted by Crippen LogP contribution is 2.20. The van der Waals surface area contributed by atoms with E-state index in [1.165, 1.54) is 12.3 Å². The largest absolute Gasteiger partial charge is 0.251 e. The molecule has 1 aromatic rings. The summed E-state index contributed by atoms with van der Waals surface area (Å²) >= 11 is 5.60. The van der Waals surface area contributed by atoms with Crippen LogP contribution in [0.3, 0.4) is 0 Å². The van der Waals surface area contributed by atoms with Gasteiger partial charge in [-0.05, 0) is 12.5 Å². The summed E-state index contributed by atoms with van der Waals surface area (Å²) in [7, 11) is -7.08. The van der Waals surface area contributed by atoms with Gasteiger partial charge in [-0.1, -0.05) is 11.6 Å². The van der Waals surface area contributed by atoms with E-state index in [0.29, 0.717) is 0 Å². The molecule has 0 aromatic carbocycles. The van der Waals surface area contributed by atoms with E-state index in [2.05, 4.69) is 14.7 Å². The number of nitrogens with one attached hydrogen (secondary N) is 1. The Morgan fingerprint density at radius 3 is 2.72 bits per heavy atom. The lowest BCUT2D eigenvalue weighted by atomic mass is 10.4. The number of hydrogen-bond donors (Lipinski definition) is 1. The number of nitrogens with zero attached hydrogens (tertiary/aromatic N) is 2. The molecule has 1 atom stereocenters. The summed E-state index contributed by atoms with van der Waals surface area (Å²) in [5.74, 6) is -0.649. The van der Waals surface area contributed by atoms with Crippen molar-refractivity contribution in [3.05, 3.63) is 17.4 Å². The predicted octanol–water partition coefficient (Wildman–Crippen LogP) is 0.0588. The van der Waals surface area contributed by atoms with Gasteiger partial charge in [0.05, 0.1) is 16.8 Å². The van der Waals surface area contributed by atoms with E-state index in [-0.39, 0.29) is 29.0 Å². The zero-order chi connectivity index (χ0) is 13.4. The molecule has 2 rings (SSSR count). The molecule has 100 valence electrons. The first-order valence-electron chi connectivity index (χ1n) is 4.99. The maximum Gasteiger partial charge on any atom is 0.238 e. The number of halogens is 1. The maximum absolute atomic E-state index is 11.9. The zero-order valence-corrected chi connectivity index (χ0v) is 11.5. The van der Waals surface area contributed by atoms with Crippen molar-refractivity contribution >= 4 is 37.4 Å². The van der Waals surface area contributed by atoms with E-state index in [9.17, 15) is 16.8 Å². The second kappa shape index (κ2) is 4.63. The van der Waals surface area contributed by atoms with E-state index >= 15 is 0 Å². The molecule has 0 radical (unpaired) electrons. The Morgan fingerprint density at radius 1 is 1.44 bits per heavy atom. The summed E-state index contributed by atoms with van der Waals surface area (Å²) in [6, 6.07) is 1.40. The Labute approximate surface area is 110 Å². The van der Waals surface area contributed by atoms with Gasteiger partial charge in [-0.2, -0.15) is 0 Å². The van der Waals surface area contributed by atoms with E-state index in [1.807, 2.05) is 0 Å². The Hall–Kier alpha value is -0.930. The minimum Gasteiger partial charge on any atom is -0.251 e. The highest BCUT2D eigenvalue weighted by molar-refractivity contribution is 7.97. The molecule has 1 aromatic heterocycles. The van der Waals surface area contributed by atoms with Gasteiger partial charge in [0.15, 0.2) is 9.84 Å². The quantitative estimate of drug-likeness (QED) is 0.791. The molecule has 0 aliphatic carbocycles. The smallest absolute Gasteiger partial charge is 0.238 e. The van der Waals surface area contributed by atoms with Gasteiger partial charge in [-0.25, -0.2) is 26.8 Å². The standard InChI is InChI=1S/C8H10ClN3O4S2/c9-7-1-3-10-8(11-7)12-18(15,16)6-2-4-17(13,14)5-6/h1,3,6H,2,4-5H2,(H,10,11,12). The second-order valence-electron chi connectivity index (χ2n) is 3.88. The third-order valence-corrected chi connectivity index (χ3v) is 6.42. The van der Waals surface area contributed by atoms with Gasteiger partial charge in [0.2, 0.25) is 16.0 Å². The molecule has 1 fully saturated rings. The fourth-order valence-electron chi connectivity index (χ4n) is 1.60. The second-order valence-corrected chi connectivity index (χ2v) is 8.45. The lowest BCUT2D eigenvalue weighted by Crippen LogP contribution is -2.29. The SMILES string of the molecule is O=S1(=O)CCC(S(=O)(=O)Nc2nccc(Cl)n2)C1. The topological polar surface area (TPSA) is 106 Å². The number of sulfone groups is 1. The molecule has 10 heteroatoms. The fraction of sp³-hybridized carbons (Fsp3) is 0.500. The highest BCUT2D eigenvalue weighted by Gasteiger charge is 2.37. The normalized spacial score (nSPS) is 22.8. The first-order valence-corrected chi connectivity index (χ1v) is 8.74. The molecular weight excluding hydrogens is 302 g/mol. The van der Waals surface area contributed by atoms with Gasteiger partial charge in [-0.3, -0.25) is 4.72 Å². The van der Waals surface area contributed by atoms with Gasteiger partial charge in [0, 0.05) is 6.20 Å². The van der Waals surface area contributed by atoms with Crippen LogP contribution in [-0.2, 0) is 19.9 Å². The lowest BCUT2D eigenvalue weighted by molar-refractivity contribution is 0.587. The molecule has 18 heavy (non-hydrogen) atoms. The van der Waals surface area contributed by atoms with Gasteiger partial charge in [0.1, 0.15) is 5.15 Å². The first kappa shape index (κ1) is 13.5. The molecule has 0 amide bonds. The third kappa shape index (κ3) is 3.09. The summed E-state index contributed by atoms with van der Waals surface area (Å²) in [6.45, 7) is 0. The van der Waals surface area contributed by atoms with Crippen molar-refractivity contribution in [1.29, 1.82) is 0 Å². The Balaban J connectivity index is 2.18. The number of rotatable bonds is 3. The van der Waals surface area contributed by atoms with Crippen LogP contribution in [0.4, 0.5) is 5.95 Å². The third-order valence-electron chi connectivity index (χ3n) is 2.48. The van der Waals surface area contributed by atoms with Crippen LogP contribution >= 0.6 is 11.6 Å². The van der Waals surface area contributed by atoms with Crippen molar-refractivity contribution in [3.63, 3.8) is 0 Å². The fourth-order valence-corrected chi connectivity index (χ4v) is 5.72. The molecular formula is C8H10ClN3O4S2. The number of sulfonamides is 1. The van der Waals surface area contributed by atoms with Crippen molar-refractivity contribution in [1.82, 2.24) is 9.97 Å². The number of hydrogen-bond acceptors (Lipinski definition) is 6. The Bertz CT molecular complexity index is 659. The lowest BCUT2D eigenvalue weighted by Gasteiger charge is -2.10. The first-order chi connectivity index (χ1) is 8.28. The van der Waals surface area contributed by atoms with Crippen LogP contribution < -0.4 is 4.72 Å². The van der Waals surface area contributed by atoms with Crippen molar-refractivity contribution in [2.75, 3.05) is 16.2 Å². The molecule has 0 spiro atoms. The van der Waals surface area contributed by atoms with E-state index < -0.39 is 25.1 Å². The minimum atomic E-state index is -3.81. The number of aromatic nitrogens is 2. The molecule has 1 aliphatic heterocycles. The van der Waals surface area contributed by atoms with Crippen molar-refractivity contribution in [2.24, 2.45) is 0 Å². The van der Waals surface area contributed by atoms with Gasteiger partial charge in [0.25, 0.3) is 0 Å². The predicted molar refractivity (Wildman–Crippen MR) is 66.6 cm³/mol. The van der Waals surface area contributed by atoms with Crippen LogP contribution in [-0.4, -0.2) is 43.6 Å². The minimum absolute atomic E-state index is 0.0816. The highest BCUT2D eigenvalue weighted by atomic mass is 35.5. The Morgan fingerprint density at radius 2 is 2.17 bits per heavy atom. The molecule has 1 unspecified atom stereocenters. The molecule has 1 aliphatic rings. The number of anilines is 1. The van der Waals surface area contributed by atoms with Crippen LogP contribution in [0, 0.1) is 0 Å². The molecule has 0 saturated carbocycles. The molecule has 7 nitrogen and oxygen atoms in total. The molecule has 2 heterocycles. The van der Waals surface area contributed by atoms with Gasteiger partial charge in [-0.15, -0.1) is 0 Å². The van der Waals surface area contributed by atoms with Crippen molar-refractivity contribution in [2.45, 2.75) is 11.7 Å². The summed E-state index contributed by atoms with van der Waals surface area (Å²) in [4.78, 5) is 7.38. The average molecular weight is 312 g/mol. The average Bonchev–Trinajstić information content (AvgIpc) is 2.59. The monoisotopic (exact) mass is 311 g/mol. The van der Waals surface area contributed by atoms with E-state index in [4.69, 9.17) is 11.6 Å². The van der Waals surface area contributed by atoms with Crippen LogP contribution in [0.15, 0.2) is 12.3 Å². The van der Waals surface area contributed by atoms with Crippen LogP contribution in [0.1, 0.15) is 6.42 Å². The molecule has 0 bridgehead atoms. The summed E-state index contributed by atoms with van der Waals surface area (Å²) < 4.78 is 48.4. The van der Waals surface area contributed by atoms with E-state index in [1.54, 1.807) is 0 Å². The summed E-state index contributed by atoms with van der Waals surface area (Å²) in [5.41, 5.74) is 0. The van der Waals surface area contributed by atoms with Crippen molar-refractivity contribution < 1.29 is 16.8 Å². The van der Waals surface area contributed by atoms with Crippen molar-refractivity contribution in [3.8, 4) is 0 Å². The van der Waals surface area contributed by atoms with Crippen LogP contribution in [0.5, 0.6) is 0 Å². The van der Waals surface area contributed by atoms with Gasteiger partial charge >= 0.3 is 0 Å². The maximum atomic E-state index is 11.9.